The smallest absolute Gasteiger partial charge is 0.417 e. The number of hydrogen-bond acceptors (Lipinski definition) is 5. The summed E-state index contributed by atoms with van der Waals surface area (Å²) in [6.07, 6.45) is -7.24. The largest absolute Gasteiger partial charge is 0.490 e. The zero-order valence-electron chi connectivity index (χ0n) is 10.7. The van der Waals surface area contributed by atoms with E-state index in [1.54, 1.807) is 13.1 Å². The van der Waals surface area contributed by atoms with Gasteiger partial charge in [0.15, 0.2) is 17.6 Å². The van der Waals surface area contributed by atoms with Gasteiger partial charge < -0.3 is 24.6 Å². The lowest BCUT2D eigenvalue weighted by molar-refractivity contribution is -0.210. The van der Waals surface area contributed by atoms with Crippen LogP contribution in [0, 0.1) is 0 Å². The zero-order chi connectivity index (χ0) is 14.8. The van der Waals surface area contributed by atoms with Gasteiger partial charge in [-0.1, -0.05) is 0 Å². The van der Waals surface area contributed by atoms with Gasteiger partial charge in [-0.2, -0.15) is 13.2 Å². The SMILES string of the molecule is CNCc1cc2c(cc1OCC(O)C(F)(F)F)OCO2. The molecule has 2 N–H and O–H groups in total. The van der Waals surface area contributed by atoms with Gasteiger partial charge in [-0.15, -0.1) is 0 Å². The van der Waals surface area contributed by atoms with Crippen LogP contribution in [0.4, 0.5) is 13.2 Å². The number of halogens is 3. The van der Waals surface area contributed by atoms with E-state index < -0.39 is 18.9 Å². The van der Waals surface area contributed by atoms with Gasteiger partial charge in [-0.05, 0) is 13.1 Å². The Bertz CT molecular complexity index is 479. The number of rotatable bonds is 5. The summed E-state index contributed by atoms with van der Waals surface area (Å²) in [5.74, 6) is 1.13. The lowest BCUT2D eigenvalue weighted by Gasteiger charge is -2.17. The Morgan fingerprint density at radius 2 is 2.00 bits per heavy atom. The number of aliphatic hydroxyl groups excluding tert-OH is 1. The normalized spacial score (nSPS) is 15.2. The van der Waals surface area contributed by atoms with Gasteiger partial charge in [0.05, 0.1) is 0 Å². The van der Waals surface area contributed by atoms with Crippen molar-refractivity contribution in [3.05, 3.63) is 17.7 Å². The molecule has 0 bridgehead atoms. The lowest BCUT2D eigenvalue weighted by atomic mass is 10.1. The summed E-state index contributed by atoms with van der Waals surface area (Å²) in [6, 6.07) is 3.09. The highest BCUT2D eigenvalue weighted by molar-refractivity contribution is 5.51. The van der Waals surface area contributed by atoms with Crippen molar-refractivity contribution in [1.29, 1.82) is 0 Å². The van der Waals surface area contributed by atoms with E-state index in [9.17, 15) is 13.2 Å². The quantitative estimate of drug-likeness (QED) is 0.860. The molecule has 1 atom stereocenters. The summed E-state index contributed by atoms with van der Waals surface area (Å²) < 4.78 is 52.1. The Balaban J connectivity index is 2.13. The molecule has 20 heavy (non-hydrogen) atoms. The van der Waals surface area contributed by atoms with E-state index in [-0.39, 0.29) is 12.5 Å². The van der Waals surface area contributed by atoms with Crippen LogP contribution in [0.5, 0.6) is 17.2 Å². The molecular weight excluding hydrogens is 279 g/mol. The second kappa shape index (κ2) is 5.76. The van der Waals surface area contributed by atoms with Crippen LogP contribution in [0.3, 0.4) is 0 Å². The van der Waals surface area contributed by atoms with E-state index in [1.807, 2.05) is 0 Å². The molecule has 112 valence electrons. The molecular formula is C12H14F3NO4. The lowest BCUT2D eigenvalue weighted by Crippen LogP contribution is -2.34. The maximum absolute atomic E-state index is 12.2. The second-order valence-corrected chi connectivity index (χ2v) is 4.21. The van der Waals surface area contributed by atoms with E-state index in [1.165, 1.54) is 6.07 Å². The Hall–Kier alpha value is -1.67. The molecule has 0 saturated heterocycles. The summed E-state index contributed by atoms with van der Waals surface area (Å²) in [6.45, 7) is -0.434. The van der Waals surface area contributed by atoms with Crippen LogP contribution < -0.4 is 19.5 Å². The molecule has 0 aromatic heterocycles. The molecule has 1 aromatic carbocycles. The summed E-state index contributed by atoms with van der Waals surface area (Å²) in [4.78, 5) is 0. The number of alkyl halides is 3. The molecule has 2 rings (SSSR count). The molecule has 5 nitrogen and oxygen atoms in total. The molecule has 0 radical (unpaired) electrons. The minimum absolute atomic E-state index is 0.0585. The monoisotopic (exact) mass is 293 g/mol. The number of aliphatic hydroxyl groups is 1. The molecule has 1 heterocycles. The van der Waals surface area contributed by atoms with E-state index in [2.05, 4.69) is 5.32 Å². The maximum Gasteiger partial charge on any atom is 0.417 e. The molecule has 1 aliphatic rings. The molecule has 1 aromatic rings. The van der Waals surface area contributed by atoms with Crippen molar-refractivity contribution in [2.24, 2.45) is 0 Å². The molecule has 0 spiro atoms. The van der Waals surface area contributed by atoms with Crippen molar-refractivity contribution in [2.75, 3.05) is 20.4 Å². The number of fused-ring (bicyclic) bond motifs is 1. The van der Waals surface area contributed by atoms with Crippen LogP contribution in [0.2, 0.25) is 0 Å². The van der Waals surface area contributed by atoms with E-state index in [0.29, 0.717) is 23.6 Å². The van der Waals surface area contributed by atoms with Crippen LogP contribution in [0.25, 0.3) is 0 Å². The third-order valence-corrected chi connectivity index (χ3v) is 2.70. The number of nitrogens with one attached hydrogen (secondary N) is 1. The van der Waals surface area contributed by atoms with Gasteiger partial charge >= 0.3 is 6.18 Å². The van der Waals surface area contributed by atoms with Crippen molar-refractivity contribution < 1.29 is 32.5 Å². The van der Waals surface area contributed by atoms with Gasteiger partial charge in [0.1, 0.15) is 12.4 Å². The van der Waals surface area contributed by atoms with Crippen LogP contribution in [-0.4, -0.2) is 37.8 Å². The third-order valence-electron chi connectivity index (χ3n) is 2.70. The summed E-state index contributed by atoms with van der Waals surface area (Å²) in [7, 11) is 1.69. The highest BCUT2D eigenvalue weighted by atomic mass is 19.4. The van der Waals surface area contributed by atoms with Gasteiger partial charge in [0.2, 0.25) is 6.79 Å². The zero-order valence-corrected chi connectivity index (χ0v) is 10.7. The van der Waals surface area contributed by atoms with Gasteiger partial charge in [-0.3, -0.25) is 0 Å². The topological polar surface area (TPSA) is 60.0 Å². The maximum atomic E-state index is 12.2. The molecule has 0 aliphatic carbocycles. The predicted octanol–water partition coefficient (Wildman–Crippen LogP) is 1.44. The molecule has 0 fully saturated rings. The molecule has 1 aliphatic heterocycles. The second-order valence-electron chi connectivity index (χ2n) is 4.21. The van der Waals surface area contributed by atoms with Gasteiger partial charge in [0.25, 0.3) is 0 Å². The van der Waals surface area contributed by atoms with Crippen LogP contribution in [0.15, 0.2) is 12.1 Å². The first kappa shape index (κ1) is 14.7. The average molecular weight is 293 g/mol. The van der Waals surface area contributed by atoms with Crippen molar-refractivity contribution in [3.8, 4) is 17.2 Å². The summed E-state index contributed by atoms with van der Waals surface area (Å²) in [5, 5.41) is 11.8. The molecule has 0 saturated carbocycles. The Morgan fingerprint density at radius 3 is 2.60 bits per heavy atom. The number of hydrogen-bond donors (Lipinski definition) is 2. The molecule has 8 heteroatoms. The Kier molecular flexibility index (Phi) is 4.24. The highest BCUT2D eigenvalue weighted by Crippen LogP contribution is 2.38. The minimum atomic E-state index is -4.71. The minimum Gasteiger partial charge on any atom is -0.490 e. The number of ether oxygens (including phenoxy) is 3. The van der Waals surface area contributed by atoms with Crippen LogP contribution >= 0.6 is 0 Å². The van der Waals surface area contributed by atoms with Gasteiger partial charge in [-0.25, -0.2) is 0 Å². The Labute approximate surface area is 113 Å². The van der Waals surface area contributed by atoms with Crippen LogP contribution in [0.1, 0.15) is 5.56 Å². The van der Waals surface area contributed by atoms with E-state index in [0.717, 1.165) is 0 Å². The first-order valence-corrected chi connectivity index (χ1v) is 5.86. The van der Waals surface area contributed by atoms with E-state index in [4.69, 9.17) is 19.3 Å². The van der Waals surface area contributed by atoms with Crippen molar-refractivity contribution in [1.82, 2.24) is 5.32 Å². The highest BCUT2D eigenvalue weighted by Gasteiger charge is 2.38. The van der Waals surface area contributed by atoms with Crippen molar-refractivity contribution in [2.45, 2.75) is 18.8 Å². The summed E-state index contributed by atoms with van der Waals surface area (Å²) in [5.41, 5.74) is 0.617. The van der Waals surface area contributed by atoms with Crippen molar-refractivity contribution >= 4 is 0 Å². The first-order valence-electron chi connectivity index (χ1n) is 5.86. The summed E-state index contributed by atoms with van der Waals surface area (Å²) >= 11 is 0. The fourth-order valence-electron chi connectivity index (χ4n) is 1.69. The van der Waals surface area contributed by atoms with E-state index >= 15 is 0 Å². The standard InChI is InChI=1S/C12H14F3NO4/c1-16-4-7-2-9-10(20-6-19-9)3-8(7)18-5-11(17)12(13,14)15/h2-3,11,16-17H,4-6H2,1H3. The Morgan fingerprint density at radius 1 is 1.35 bits per heavy atom. The van der Waals surface area contributed by atoms with Gasteiger partial charge in [0, 0.05) is 18.2 Å². The first-order chi connectivity index (χ1) is 9.41. The molecule has 0 amide bonds. The van der Waals surface area contributed by atoms with Crippen molar-refractivity contribution in [3.63, 3.8) is 0 Å². The van der Waals surface area contributed by atoms with Crippen LogP contribution in [-0.2, 0) is 6.54 Å². The fourth-order valence-corrected chi connectivity index (χ4v) is 1.69. The third kappa shape index (κ3) is 3.26. The average Bonchev–Trinajstić information content (AvgIpc) is 2.81. The predicted molar refractivity (Wildman–Crippen MR) is 62.9 cm³/mol. The number of benzene rings is 1. The molecule has 1 unspecified atom stereocenters. The fraction of sp³-hybridized carbons (Fsp3) is 0.500.